The van der Waals surface area contributed by atoms with Gasteiger partial charge in [0.2, 0.25) is 0 Å². The van der Waals surface area contributed by atoms with Crippen molar-refractivity contribution in [1.82, 2.24) is 5.32 Å². The van der Waals surface area contributed by atoms with Crippen molar-refractivity contribution in [3.05, 3.63) is 47.7 Å². The lowest BCUT2D eigenvalue weighted by atomic mass is 9.92. The first kappa shape index (κ1) is 20.2. The van der Waals surface area contributed by atoms with Gasteiger partial charge in [0.15, 0.2) is 12.0 Å². The molecule has 0 radical (unpaired) electrons. The van der Waals surface area contributed by atoms with Crippen molar-refractivity contribution >= 4 is 18.3 Å². The zero-order chi connectivity index (χ0) is 20.2. The monoisotopic (exact) mass is 373 g/mol. The zero-order valence-corrected chi connectivity index (χ0v) is 15.7. The van der Waals surface area contributed by atoms with Crippen LogP contribution in [0.5, 0.6) is 0 Å². The fourth-order valence-corrected chi connectivity index (χ4v) is 2.47. The summed E-state index contributed by atoms with van der Waals surface area (Å²) in [6.07, 6.45) is -0.0982. The van der Waals surface area contributed by atoms with Crippen LogP contribution in [0.2, 0.25) is 0 Å². The molecule has 144 valence electrons. The van der Waals surface area contributed by atoms with E-state index in [1.54, 1.807) is 57.2 Å². The van der Waals surface area contributed by atoms with Crippen LogP contribution in [-0.4, -0.2) is 34.6 Å². The standard InChI is InChI=1S/C20H23NO6/c1-19(2,3)27-18(25)21-20(4,17(23)24)11-13-5-7-14(8-6-13)16-10-9-15(12-22)26-16/h5-10,12H,11H2,1-4H3,(H,21,25)(H,23,24)/t20-/m0/s1. The first-order valence-corrected chi connectivity index (χ1v) is 8.41. The van der Waals surface area contributed by atoms with Crippen LogP contribution >= 0.6 is 0 Å². The van der Waals surface area contributed by atoms with Gasteiger partial charge in [0.1, 0.15) is 16.9 Å². The maximum absolute atomic E-state index is 12.0. The van der Waals surface area contributed by atoms with Crippen molar-refractivity contribution in [1.29, 1.82) is 0 Å². The minimum absolute atomic E-state index is 0.0690. The lowest BCUT2D eigenvalue weighted by Crippen LogP contribution is -2.54. The van der Waals surface area contributed by atoms with Crippen LogP contribution in [0.25, 0.3) is 11.3 Å². The molecule has 27 heavy (non-hydrogen) atoms. The van der Waals surface area contributed by atoms with E-state index in [0.717, 1.165) is 5.56 Å². The number of aliphatic carboxylic acids is 1. The SMILES string of the molecule is CC(C)(C)OC(=O)N[C@@](C)(Cc1ccc(-c2ccc(C=O)o2)cc1)C(=O)O. The van der Waals surface area contributed by atoms with E-state index < -0.39 is 23.2 Å². The summed E-state index contributed by atoms with van der Waals surface area (Å²) in [5.41, 5.74) is -0.792. The number of furan rings is 1. The fraction of sp³-hybridized carbons (Fsp3) is 0.350. The van der Waals surface area contributed by atoms with Gasteiger partial charge in [0.05, 0.1) is 0 Å². The smallest absolute Gasteiger partial charge is 0.408 e. The van der Waals surface area contributed by atoms with E-state index in [4.69, 9.17) is 9.15 Å². The first-order valence-electron chi connectivity index (χ1n) is 8.41. The molecule has 0 fully saturated rings. The van der Waals surface area contributed by atoms with Crippen molar-refractivity contribution < 1.29 is 28.6 Å². The van der Waals surface area contributed by atoms with E-state index >= 15 is 0 Å². The molecule has 1 aromatic carbocycles. The predicted octanol–water partition coefficient (Wildman–Crippen LogP) is 3.67. The number of carbonyl (C=O) groups is 3. The van der Waals surface area contributed by atoms with Crippen LogP contribution < -0.4 is 5.32 Å². The number of aldehydes is 1. The van der Waals surface area contributed by atoms with E-state index in [0.29, 0.717) is 17.6 Å². The summed E-state index contributed by atoms with van der Waals surface area (Å²) in [5.74, 6) is -0.398. The Bertz CT molecular complexity index is 831. The van der Waals surface area contributed by atoms with E-state index in [9.17, 15) is 19.5 Å². The Kier molecular flexibility index (Phi) is 5.73. The van der Waals surface area contributed by atoms with Gasteiger partial charge >= 0.3 is 12.1 Å². The van der Waals surface area contributed by atoms with Crippen molar-refractivity contribution in [3.8, 4) is 11.3 Å². The number of alkyl carbamates (subject to hydrolysis) is 1. The van der Waals surface area contributed by atoms with Gasteiger partial charge in [-0.3, -0.25) is 4.79 Å². The second kappa shape index (κ2) is 7.65. The average molecular weight is 373 g/mol. The zero-order valence-electron chi connectivity index (χ0n) is 15.7. The lowest BCUT2D eigenvalue weighted by molar-refractivity contribution is -0.144. The molecule has 0 spiro atoms. The molecule has 0 aliphatic carbocycles. The minimum atomic E-state index is -1.53. The third kappa shape index (κ3) is 5.44. The number of rotatable bonds is 6. The number of hydrogen-bond donors (Lipinski definition) is 2. The Labute approximate surface area is 157 Å². The Hall–Kier alpha value is -3.09. The van der Waals surface area contributed by atoms with Crippen LogP contribution in [0.3, 0.4) is 0 Å². The Morgan fingerprint density at radius 1 is 1.11 bits per heavy atom. The van der Waals surface area contributed by atoms with Gasteiger partial charge in [-0.1, -0.05) is 24.3 Å². The molecule has 2 N–H and O–H groups in total. The van der Waals surface area contributed by atoms with E-state index in [-0.39, 0.29) is 12.2 Å². The average Bonchev–Trinajstić information content (AvgIpc) is 3.02. The molecule has 0 unspecified atom stereocenters. The molecule has 1 atom stereocenters. The summed E-state index contributed by atoms with van der Waals surface area (Å²) in [7, 11) is 0. The molecular weight excluding hydrogens is 350 g/mol. The van der Waals surface area contributed by atoms with Gasteiger partial charge < -0.3 is 19.6 Å². The molecule has 1 amide bonds. The van der Waals surface area contributed by atoms with Crippen LogP contribution in [0.4, 0.5) is 4.79 Å². The molecule has 0 aliphatic heterocycles. The Balaban J connectivity index is 2.14. The van der Waals surface area contributed by atoms with Crippen LogP contribution in [0, 0.1) is 0 Å². The topological polar surface area (TPSA) is 106 Å². The quantitative estimate of drug-likeness (QED) is 0.749. The molecule has 0 saturated carbocycles. The first-order chi connectivity index (χ1) is 12.5. The van der Waals surface area contributed by atoms with Crippen molar-refractivity contribution in [3.63, 3.8) is 0 Å². The molecule has 2 aromatic rings. The summed E-state index contributed by atoms with van der Waals surface area (Å²) in [6, 6.07) is 10.3. The number of benzene rings is 1. The number of ether oxygens (including phenoxy) is 1. The summed E-state index contributed by atoms with van der Waals surface area (Å²) in [5, 5.41) is 12.0. The number of nitrogens with one attached hydrogen (secondary N) is 1. The largest absolute Gasteiger partial charge is 0.480 e. The molecular formula is C20H23NO6. The molecule has 0 saturated heterocycles. The minimum Gasteiger partial charge on any atom is -0.480 e. The fourth-order valence-electron chi connectivity index (χ4n) is 2.47. The van der Waals surface area contributed by atoms with E-state index in [1.807, 2.05) is 0 Å². The molecule has 0 bridgehead atoms. The lowest BCUT2D eigenvalue weighted by Gasteiger charge is -2.28. The van der Waals surface area contributed by atoms with Crippen LogP contribution in [0.15, 0.2) is 40.8 Å². The van der Waals surface area contributed by atoms with Gasteiger partial charge in [-0.25, -0.2) is 9.59 Å². The molecule has 1 heterocycles. The van der Waals surface area contributed by atoms with Crippen molar-refractivity contribution in [2.75, 3.05) is 0 Å². The van der Waals surface area contributed by atoms with Gasteiger partial charge in [-0.2, -0.15) is 0 Å². The third-order valence-corrected chi connectivity index (χ3v) is 3.79. The van der Waals surface area contributed by atoms with Gasteiger partial charge in [-0.15, -0.1) is 0 Å². The number of hydrogen-bond acceptors (Lipinski definition) is 5. The van der Waals surface area contributed by atoms with Gasteiger partial charge in [0, 0.05) is 12.0 Å². The molecule has 2 rings (SSSR count). The number of carboxylic acid groups (broad SMARTS) is 1. The molecule has 0 aliphatic rings. The Morgan fingerprint density at radius 3 is 2.22 bits per heavy atom. The summed E-state index contributed by atoms with van der Waals surface area (Å²) >= 11 is 0. The highest BCUT2D eigenvalue weighted by atomic mass is 16.6. The van der Waals surface area contributed by atoms with Gasteiger partial charge in [-0.05, 0) is 45.4 Å². The highest BCUT2D eigenvalue weighted by molar-refractivity contribution is 5.84. The number of amides is 1. The summed E-state index contributed by atoms with van der Waals surface area (Å²) in [6.45, 7) is 6.53. The second-order valence-electron chi connectivity index (χ2n) is 7.46. The van der Waals surface area contributed by atoms with Crippen LogP contribution in [0.1, 0.15) is 43.8 Å². The third-order valence-electron chi connectivity index (χ3n) is 3.79. The highest BCUT2D eigenvalue weighted by Gasteiger charge is 2.36. The van der Waals surface area contributed by atoms with Gasteiger partial charge in [0.25, 0.3) is 0 Å². The van der Waals surface area contributed by atoms with E-state index in [2.05, 4.69) is 5.32 Å². The number of carboxylic acids is 1. The second-order valence-corrected chi connectivity index (χ2v) is 7.46. The molecule has 1 aromatic heterocycles. The van der Waals surface area contributed by atoms with Crippen LogP contribution in [-0.2, 0) is 16.0 Å². The molecule has 7 nitrogen and oxygen atoms in total. The normalized spacial score (nSPS) is 13.5. The van der Waals surface area contributed by atoms with Crippen molar-refractivity contribution in [2.24, 2.45) is 0 Å². The summed E-state index contributed by atoms with van der Waals surface area (Å²) < 4.78 is 10.5. The maximum Gasteiger partial charge on any atom is 0.408 e. The maximum atomic E-state index is 12.0. The highest BCUT2D eigenvalue weighted by Crippen LogP contribution is 2.23. The molecule has 7 heteroatoms. The Morgan fingerprint density at radius 2 is 1.74 bits per heavy atom. The number of carbonyl (C=O) groups excluding carboxylic acids is 2. The van der Waals surface area contributed by atoms with Crippen molar-refractivity contribution in [2.45, 2.75) is 45.3 Å². The predicted molar refractivity (Wildman–Crippen MR) is 98.6 cm³/mol. The summed E-state index contributed by atoms with van der Waals surface area (Å²) in [4.78, 5) is 34.4. The van der Waals surface area contributed by atoms with E-state index in [1.165, 1.54) is 6.92 Å².